The maximum absolute atomic E-state index is 8.92. The fraction of sp³-hybridized carbons (Fsp3) is 0.429. The van der Waals surface area contributed by atoms with Gasteiger partial charge in [-0.15, -0.1) is 11.6 Å². The smallest absolute Gasteiger partial charge is 0.121 e. The molecule has 2 nitrogen and oxygen atoms in total. The Morgan fingerprint density at radius 1 is 1.73 bits per heavy atom. The lowest BCUT2D eigenvalue weighted by atomic mass is 9.95. The monoisotopic (exact) mass is 193 g/mol. The summed E-state index contributed by atoms with van der Waals surface area (Å²) in [5.41, 5.74) is 5.61. The summed E-state index contributed by atoms with van der Waals surface area (Å²) in [4.78, 5) is -1.02. The Balaban J connectivity index is 2.94. The summed E-state index contributed by atoms with van der Waals surface area (Å²) in [5.74, 6) is 0. The highest BCUT2D eigenvalue weighted by Gasteiger charge is 2.37. The van der Waals surface area contributed by atoms with Crippen LogP contribution in [0.3, 0.4) is 0 Å². The molecule has 0 aromatic rings. The molecule has 0 aromatic heterocycles. The Morgan fingerprint density at radius 2 is 2.36 bits per heavy atom. The van der Waals surface area contributed by atoms with Gasteiger partial charge < -0.3 is 10.8 Å². The number of alkyl halides is 1. The van der Waals surface area contributed by atoms with Gasteiger partial charge in [-0.3, -0.25) is 0 Å². The van der Waals surface area contributed by atoms with Crippen LogP contribution in [0.25, 0.3) is 0 Å². The Labute approximate surface area is 75.3 Å². The fourth-order valence-corrected chi connectivity index (χ4v) is 1.29. The summed E-state index contributed by atoms with van der Waals surface area (Å²) >= 11 is 11.7. The number of nitrogens with two attached hydrogens (primary N) is 1. The minimum atomic E-state index is -1.02. The van der Waals surface area contributed by atoms with Crippen LogP contribution in [0.1, 0.15) is 0 Å². The maximum atomic E-state index is 8.92. The van der Waals surface area contributed by atoms with E-state index in [4.69, 9.17) is 34.0 Å². The van der Waals surface area contributed by atoms with Gasteiger partial charge in [0.15, 0.2) is 0 Å². The van der Waals surface area contributed by atoms with E-state index in [1.165, 1.54) is 0 Å². The molecule has 0 spiro atoms. The zero-order valence-corrected chi connectivity index (χ0v) is 7.31. The van der Waals surface area contributed by atoms with Gasteiger partial charge in [0, 0.05) is 11.1 Å². The zero-order chi connectivity index (χ0) is 8.48. The van der Waals surface area contributed by atoms with E-state index >= 15 is 0 Å². The molecule has 0 saturated heterocycles. The first-order valence-electron chi connectivity index (χ1n) is 3.21. The molecule has 0 amide bonds. The normalized spacial score (nSPS) is 37.1. The van der Waals surface area contributed by atoms with Crippen molar-refractivity contribution in [2.75, 3.05) is 6.61 Å². The highest BCUT2D eigenvalue weighted by molar-refractivity contribution is 6.40. The van der Waals surface area contributed by atoms with Gasteiger partial charge in [0.05, 0.1) is 6.61 Å². The van der Waals surface area contributed by atoms with Crippen LogP contribution in [0.4, 0.5) is 0 Å². The Hall–Kier alpha value is -0.0200. The van der Waals surface area contributed by atoms with Crippen LogP contribution in [0.2, 0.25) is 0 Å². The maximum Gasteiger partial charge on any atom is 0.121 e. The average Bonchev–Trinajstić information content (AvgIpc) is 2.00. The molecule has 4 heteroatoms. The molecule has 1 aliphatic carbocycles. The summed E-state index contributed by atoms with van der Waals surface area (Å²) < 4.78 is 0. The van der Waals surface area contributed by atoms with Crippen LogP contribution < -0.4 is 5.73 Å². The second-order valence-corrected chi connectivity index (χ2v) is 3.53. The van der Waals surface area contributed by atoms with E-state index in [1.54, 1.807) is 18.2 Å². The first kappa shape index (κ1) is 9.07. The molecule has 0 radical (unpaired) electrons. The highest BCUT2D eigenvalue weighted by Crippen LogP contribution is 2.33. The van der Waals surface area contributed by atoms with Gasteiger partial charge in [-0.25, -0.2) is 0 Å². The van der Waals surface area contributed by atoms with Crippen LogP contribution in [0.15, 0.2) is 23.3 Å². The van der Waals surface area contributed by atoms with Crippen LogP contribution >= 0.6 is 23.2 Å². The molecular weight excluding hydrogens is 185 g/mol. The molecule has 0 fully saturated rings. The summed E-state index contributed by atoms with van der Waals surface area (Å²) in [6, 6.07) is -0.424. The molecule has 0 heterocycles. The lowest BCUT2D eigenvalue weighted by Gasteiger charge is -2.30. The van der Waals surface area contributed by atoms with Crippen molar-refractivity contribution < 1.29 is 5.11 Å². The van der Waals surface area contributed by atoms with E-state index < -0.39 is 10.9 Å². The Kier molecular flexibility index (Phi) is 2.60. The third-order valence-corrected chi connectivity index (χ3v) is 2.85. The minimum absolute atomic E-state index is 0.255. The van der Waals surface area contributed by atoms with Crippen molar-refractivity contribution in [1.29, 1.82) is 0 Å². The van der Waals surface area contributed by atoms with Gasteiger partial charge in [0.2, 0.25) is 0 Å². The predicted octanol–water partition coefficient (Wildman–Crippen LogP) is 0.976. The SMILES string of the molecule is NC1C=CC=C(Cl)C1(Cl)CO. The Bertz CT molecular complexity index is 214. The highest BCUT2D eigenvalue weighted by atomic mass is 35.5. The topological polar surface area (TPSA) is 46.2 Å². The molecule has 0 bridgehead atoms. The number of rotatable bonds is 1. The van der Waals surface area contributed by atoms with E-state index in [2.05, 4.69) is 0 Å². The van der Waals surface area contributed by atoms with Crippen molar-refractivity contribution in [3.8, 4) is 0 Å². The zero-order valence-electron chi connectivity index (χ0n) is 5.80. The first-order chi connectivity index (χ1) is 5.11. The van der Waals surface area contributed by atoms with Gasteiger partial charge in [-0.2, -0.15) is 0 Å². The molecular formula is C7H9Cl2NO. The van der Waals surface area contributed by atoms with Crippen LogP contribution in [-0.4, -0.2) is 22.6 Å². The van der Waals surface area contributed by atoms with Crippen molar-refractivity contribution >= 4 is 23.2 Å². The van der Waals surface area contributed by atoms with Crippen molar-refractivity contribution in [1.82, 2.24) is 0 Å². The summed E-state index contributed by atoms with van der Waals surface area (Å²) in [5, 5.41) is 9.31. The number of hydrogen-bond donors (Lipinski definition) is 2. The second kappa shape index (κ2) is 3.15. The lowest BCUT2D eigenvalue weighted by molar-refractivity contribution is 0.255. The molecule has 3 N–H and O–H groups in total. The largest absolute Gasteiger partial charge is 0.394 e. The van der Waals surface area contributed by atoms with Crippen LogP contribution in [0.5, 0.6) is 0 Å². The van der Waals surface area contributed by atoms with Crippen LogP contribution in [0, 0.1) is 0 Å². The van der Waals surface area contributed by atoms with Gasteiger partial charge >= 0.3 is 0 Å². The molecule has 11 heavy (non-hydrogen) atoms. The van der Waals surface area contributed by atoms with Gasteiger partial charge in [0.1, 0.15) is 4.87 Å². The van der Waals surface area contributed by atoms with Crippen molar-refractivity contribution in [3.05, 3.63) is 23.3 Å². The van der Waals surface area contributed by atoms with Crippen molar-refractivity contribution in [3.63, 3.8) is 0 Å². The molecule has 0 aliphatic heterocycles. The number of aliphatic hydroxyl groups is 1. The number of allylic oxidation sites excluding steroid dienone is 2. The molecule has 0 aromatic carbocycles. The van der Waals surface area contributed by atoms with E-state index in [1.807, 2.05) is 0 Å². The number of aliphatic hydroxyl groups excluding tert-OH is 1. The molecule has 62 valence electrons. The molecule has 2 unspecified atom stereocenters. The Morgan fingerprint density at radius 3 is 2.73 bits per heavy atom. The van der Waals surface area contributed by atoms with E-state index in [9.17, 15) is 0 Å². The number of halogens is 2. The third-order valence-electron chi connectivity index (χ3n) is 1.72. The first-order valence-corrected chi connectivity index (χ1v) is 3.96. The van der Waals surface area contributed by atoms with Crippen molar-refractivity contribution in [2.45, 2.75) is 10.9 Å². The third kappa shape index (κ3) is 1.44. The van der Waals surface area contributed by atoms with E-state index in [0.29, 0.717) is 5.03 Å². The second-order valence-electron chi connectivity index (χ2n) is 2.45. The standard InChI is InChI=1S/C7H9Cl2NO/c8-5-2-1-3-6(10)7(5,9)4-11/h1-3,6,11H,4,10H2. The van der Waals surface area contributed by atoms with Crippen LogP contribution in [-0.2, 0) is 0 Å². The minimum Gasteiger partial charge on any atom is -0.394 e. The molecule has 1 rings (SSSR count). The van der Waals surface area contributed by atoms with E-state index in [-0.39, 0.29) is 6.61 Å². The molecule has 1 aliphatic rings. The average molecular weight is 194 g/mol. The van der Waals surface area contributed by atoms with Gasteiger partial charge in [0.25, 0.3) is 0 Å². The van der Waals surface area contributed by atoms with Gasteiger partial charge in [-0.1, -0.05) is 23.8 Å². The molecule has 2 atom stereocenters. The summed E-state index contributed by atoms with van der Waals surface area (Å²) in [7, 11) is 0. The van der Waals surface area contributed by atoms with Gasteiger partial charge in [-0.05, 0) is 6.08 Å². The summed E-state index contributed by atoms with van der Waals surface area (Å²) in [6.07, 6.45) is 5.06. The molecule has 0 saturated carbocycles. The number of hydrogen-bond acceptors (Lipinski definition) is 2. The quantitative estimate of drug-likeness (QED) is 0.611. The summed E-state index contributed by atoms with van der Waals surface area (Å²) in [6.45, 7) is -0.255. The fourth-order valence-electron chi connectivity index (χ4n) is 0.891. The van der Waals surface area contributed by atoms with E-state index in [0.717, 1.165) is 0 Å². The predicted molar refractivity (Wildman–Crippen MR) is 46.7 cm³/mol. The van der Waals surface area contributed by atoms with Crippen molar-refractivity contribution in [2.24, 2.45) is 5.73 Å². The lowest BCUT2D eigenvalue weighted by Crippen LogP contribution is -2.46.